The van der Waals surface area contributed by atoms with Gasteiger partial charge in [-0.25, -0.2) is 0 Å². The van der Waals surface area contributed by atoms with E-state index in [9.17, 15) is 0 Å². The summed E-state index contributed by atoms with van der Waals surface area (Å²) in [5, 5.41) is 4.84. The second-order valence-electron chi connectivity index (χ2n) is 4.74. The molecule has 0 bridgehead atoms. The summed E-state index contributed by atoms with van der Waals surface area (Å²) < 4.78 is 2.40. The molecular weight excluding hydrogens is 196 g/mol. The maximum atomic E-state index is 3.48. The van der Waals surface area contributed by atoms with Crippen molar-refractivity contribution < 1.29 is 0 Å². The number of hydrogen-bond acceptors (Lipinski definition) is 1. The van der Waals surface area contributed by atoms with E-state index in [1.54, 1.807) is 0 Å². The summed E-state index contributed by atoms with van der Waals surface area (Å²) in [6.07, 6.45) is 4.91. The third-order valence-electron chi connectivity index (χ3n) is 3.53. The topological polar surface area (TPSA) is 17.0 Å². The maximum absolute atomic E-state index is 3.48. The molecule has 1 aromatic carbocycles. The molecule has 84 valence electrons. The third kappa shape index (κ3) is 1.85. The summed E-state index contributed by atoms with van der Waals surface area (Å²) in [5.41, 5.74) is 1.37. The number of nitrogens with zero attached hydrogens (tertiary/aromatic N) is 1. The van der Waals surface area contributed by atoms with E-state index >= 15 is 0 Å². The molecule has 16 heavy (non-hydrogen) atoms. The summed E-state index contributed by atoms with van der Waals surface area (Å²) in [6.45, 7) is 3.52. The molecular formula is C14H18N2. The van der Waals surface area contributed by atoms with Crippen molar-refractivity contribution in [1.82, 2.24) is 9.88 Å². The lowest BCUT2D eigenvalue weighted by Gasteiger charge is -2.23. The molecule has 1 fully saturated rings. The largest absolute Gasteiger partial charge is 0.347 e. The predicted molar refractivity (Wildman–Crippen MR) is 67.5 cm³/mol. The van der Waals surface area contributed by atoms with Gasteiger partial charge in [-0.15, -0.1) is 0 Å². The average Bonchev–Trinajstić information content (AvgIpc) is 2.74. The minimum absolute atomic E-state index is 0.796. The van der Waals surface area contributed by atoms with Gasteiger partial charge in [0, 0.05) is 18.3 Å². The van der Waals surface area contributed by atoms with Gasteiger partial charge in [-0.3, -0.25) is 0 Å². The first-order chi connectivity index (χ1) is 7.93. The Hall–Kier alpha value is -1.28. The summed E-state index contributed by atoms with van der Waals surface area (Å²) in [4.78, 5) is 0. The van der Waals surface area contributed by atoms with Crippen LogP contribution in [0.15, 0.2) is 36.5 Å². The zero-order valence-electron chi connectivity index (χ0n) is 9.52. The fraction of sp³-hybridized carbons (Fsp3) is 0.429. The van der Waals surface area contributed by atoms with Gasteiger partial charge in [-0.2, -0.15) is 0 Å². The molecule has 0 radical (unpaired) electrons. The molecule has 2 nitrogen and oxygen atoms in total. The lowest BCUT2D eigenvalue weighted by atomic mass is 10.00. The number of piperidine rings is 1. The van der Waals surface area contributed by atoms with Crippen LogP contribution in [-0.4, -0.2) is 17.7 Å². The van der Waals surface area contributed by atoms with Gasteiger partial charge in [0.05, 0.1) is 0 Å². The highest BCUT2D eigenvalue weighted by Crippen LogP contribution is 2.19. The molecule has 1 saturated heterocycles. The van der Waals surface area contributed by atoms with Gasteiger partial charge in [0.25, 0.3) is 0 Å². The number of rotatable bonds is 2. The van der Waals surface area contributed by atoms with Crippen LogP contribution in [-0.2, 0) is 6.54 Å². The van der Waals surface area contributed by atoms with E-state index in [4.69, 9.17) is 0 Å². The van der Waals surface area contributed by atoms with Gasteiger partial charge in [0.15, 0.2) is 0 Å². The highest BCUT2D eigenvalue weighted by molar-refractivity contribution is 5.79. The van der Waals surface area contributed by atoms with Gasteiger partial charge in [0.1, 0.15) is 0 Å². The van der Waals surface area contributed by atoms with Crippen LogP contribution in [0.1, 0.15) is 12.8 Å². The Labute approximate surface area is 96.3 Å². The molecule has 1 atom stereocenters. The monoisotopic (exact) mass is 214 g/mol. The van der Waals surface area contributed by atoms with Crippen molar-refractivity contribution in [3.63, 3.8) is 0 Å². The fourth-order valence-electron chi connectivity index (χ4n) is 2.66. The summed E-state index contributed by atoms with van der Waals surface area (Å²) in [5.74, 6) is 0.796. The Morgan fingerprint density at radius 1 is 1.25 bits per heavy atom. The molecule has 0 saturated carbocycles. The van der Waals surface area contributed by atoms with Crippen molar-refractivity contribution in [2.75, 3.05) is 13.1 Å². The summed E-state index contributed by atoms with van der Waals surface area (Å²) in [7, 11) is 0. The van der Waals surface area contributed by atoms with E-state index in [-0.39, 0.29) is 0 Å². The quantitative estimate of drug-likeness (QED) is 0.813. The molecule has 1 N–H and O–H groups in total. The van der Waals surface area contributed by atoms with Crippen LogP contribution < -0.4 is 5.32 Å². The lowest BCUT2D eigenvalue weighted by Crippen LogP contribution is -2.32. The second kappa shape index (κ2) is 4.30. The van der Waals surface area contributed by atoms with E-state index in [2.05, 4.69) is 46.4 Å². The van der Waals surface area contributed by atoms with Crippen molar-refractivity contribution in [2.45, 2.75) is 19.4 Å². The molecule has 0 spiro atoms. The number of aromatic nitrogens is 1. The number of hydrogen-bond donors (Lipinski definition) is 1. The average molecular weight is 214 g/mol. The molecule has 2 heterocycles. The molecule has 3 rings (SSSR count). The molecule has 2 heteroatoms. The number of para-hydroxylation sites is 1. The highest BCUT2D eigenvalue weighted by Gasteiger charge is 2.13. The van der Waals surface area contributed by atoms with Crippen LogP contribution in [0.2, 0.25) is 0 Å². The zero-order chi connectivity index (χ0) is 10.8. The SMILES string of the molecule is c1ccc2c(c1)ccn2CC1CCCNC1. The van der Waals surface area contributed by atoms with Crippen LogP contribution in [0.4, 0.5) is 0 Å². The van der Waals surface area contributed by atoms with Crippen molar-refractivity contribution >= 4 is 10.9 Å². The molecule has 0 amide bonds. The van der Waals surface area contributed by atoms with Crippen LogP contribution in [0, 0.1) is 5.92 Å². The van der Waals surface area contributed by atoms with Crippen molar-refractivity contribution in [2.24, 2.45) is 5.92 Å². The Bertz CT molecular complexity index is 466. The Morgan fingerprint density at radius 2 is 2.19 bits per heavy atom. The fourth-order valence-corrected chi connectivity index (χ4v) is 2.66. The summed E-state index contributed by atoms with van der Waals surface area (Å²) >= 11 is 0. The van der Waals surface area contributed by atoms with Crippen LogP contribution in [0.5, 0.6) is 0 Å². The van der Waals surface area contributed by atoms with Gasteiger partial charge in [0.2, 0.25) is 0 Å². The number of fused-ring (bicyclic) bond motifs is 1. The molecule has 1 aliphatic rings. The maximum Gasteiger partial charge on any atom is 0.0480 e. The first-order valence-electron chi connectivity index (χ1n) is 6.18. The van der Waals surface area contributed by atoms with Gasteiger partial charge in [-0.1, -0.05) is 18.2 Å². The first-order valence-corrected chi connectivity index (χ1v) is 6.18. The van der Waals surface area contributed by atoms with E-state index in [1.165, 1.54) is 36.8 Å². The number of nitrogens with one attached hydrogen (secondary N) is 1. The van der Waals surface area contributed by atoms with Crippen LogP contribution >= 0.6 is 0 Å². The predicted octanol–water partition coefficient (Wildman–Crippen LogP) is 2.64. The van der Waals surface area contributed by atoms with Crippen LogP contribution in [0.3, 0.4) is 0 Å². The Morgan fingerprint density at radius 3 is 3.06 bits per heavy atom. The van der Waals surface area contributed by atoms with E-state index in [1.807, 2.05) is 0 Å². The molecule has 1 unspecified atom stereocenters. The van der Waals surface area contributed by atoms with Crippen molar-refractivity contribution in [3.8, 4) is 0 Å². The molecule has 1 aliphatic heterocycles. The lowest BCUT2D eigenvalue weighted by molar-refractivity contribution is 0.341. The third-order valence-corrected chi connectivity index (χ3v) is 3.53. The molecule has 2 aromatic rings. The Kier molecular flexibility index (Phi) is 2.66. The highest BCUT2D eigenvalue weighted by atomic mass is 15.0. The first kappa shape index (κ1) is 9.91. The summed E-state index contributed by atoms with van der Waals surface area (Å²) in [6, 6.07) is 10.8. The normalized spacial score (nSPS) is 21.4. The van der Waals surface area contributed by atoms with Crippen molar-refractivity contribution in [3.05, 3.63) is 36.5 Å². The minimum atomic E-state index is 0.796. The standard InChI is InChI=1S/C14H18N2/c1-2-6-14-13(5-1)7-9-16(14)11-12-4-3-8-15-10-12/h1-2,5-7,9,12,15H,3-4,8,10-11H2. The van der Waals surface area contributed by atoms with Crippen LogP contribution in [0.25, 0.3) is 10.9 Å². The zero-order valence-corrected chi connectivity index (χ0v) is 9.52. The van der Waals surface area contributed by atoms with E-state index in [0.717, 1.165) is 12.5 Å². The second-order valence-corrected chi connectivity index (χ2v) is 4.74. The van der Waals surface area contributed by atoms with Crippen molar-refractivity contribution in [1.29, 1.82) is 0 Å². The van der Waals surface area contributed by atoms with Gasteiger partial charge < -0.3 is 9.88 Å². The molecule has 1 aromatic heterocycles. The van der Waals surface area contributed by atoms with E-state index < -0.39 is 0 Å². The molecule has 0 aliphatic carbocycles. The van der Waals surface area contributed by atoms with E-state index in [0.29, 0.717) is 0 Å². The van der Waals surface area contributed by atoms with Gasteiger partial charge >= 0.3 is 0 Å². The van der Waals surface area contributed by atoms with Gasteiger partial charge in [-0.05, 0) is 49.4 Å². The Balaban J connectivity index is 1.83. The minimum Gasteiger partial charge on any atom is -0.347 e. The number of benzene rings is 1. The smallest absolute Gasteiger partial charge is 0.0480 e.